The summed E-state index contributed by atoms with van der Waals surface area (Å²) >= 11 is 1.50. The number of para-hydroxylation sites is 1. The summed E-state index contributed by atoms with van der Waals surface area (Å²) in [5, 5.41) is 11.4. The second-order valence-electron chi connectivity index (χ2n) is 8.12. The van der Waals surface area contributed by atoms with Crippen LogP contribution in [0.15, 0.2) is 42.5 Å². The highest BCUT2D eigenvalue weighted by Gasteiger charge is 2.34. The van der Waals surface area contributed by atoms with E-state index >= 15 is 0 Å². The Kier molecular flexibility index (Phi) is 6.69. The number of aliphatic hydroxyl groups is 1. The van der Waals surface area contributed by atoms with Crippen LogP contribution in [0.2, 0.25) is 0 Å². The van der Waals surface area contributed by atoms with Crippen molar-refractivity contribution >= 4 is 29.0 Å². The van der Waals surface area contributed by atoms with Crippen molar-refractivity contribution in [2.75, 3.05) is 61.1 Å². The second-order valence-corrected chi connectivity index (χ2v) is 9.23. The molecule has 2 aromatic carbocycles. The maximum absolute atomic E-state index is 13.5. The van der Waals surface area contributed by atoms with Crippen LogP contribution in [0, 0.1) is 0 Å². The molecule has 0 bridgehead atoms. The van der Waals surface area contributed by atoms with Crippen LogP contribution in [-0.4, -0.2) is 67.2 Å². The Hall–Kier alpha value is -2.23. The van der Waals surface area contributed by atoms with Gasteiger partial charge in [0, 0.05) is 61.0 Å². The normalized spacial score (nSPS) is 19.3. The largest absolute Gasteiger partial charge is 0.416 e. The first-order chi connectivity index (χ1) is 15.3. The number of amides is 1. The lowest BCUT2D eigenvalue weighted by atomic mass is 9.95. The molecule has 5 nitrogen and oxygen atoms in total. The molecule has 2 fully saturated rings. The van der Waals surface area contributed by atoms with Gasteiger partial charge in [-0.2, -0.15) is 24.9 Å². The Morgan fingerprint density at radius 3 is 2.38 bits per heavy atom. The van der Waals surface area contributed by atoms with E-state index in [0.29, 0.717) is 23.5 Å². The summed E-state index contributed by atoms with van der Waals surface area (Å²) in [5.41, 5.74) is 0.935. The van der Waals surface area contributed by atoms with Gasteiger partial charge in [0.25, 0.3) is 0 Å². The number of hydrogen-bond donors (Lipinski definition) is 1. The Morgan fingerprint density at radius 2 is 1.69 bits per heavy atom. The summed E-state index contributed by atoms with van der Waals surface area (Å²) in [4.78, 5) is 18.4. The number of carbonyl (C=O) groups is 1. The van der Waals surface area contributed by atoms with Gasteiger partial charge in [0.2, 0.25) is 5.91 Å². The second kappa shape index (κ2) is 9.33. The molecule has 172 valence electrons. The zero-order valence-electron chi connectivity index (χ0n) is 17.8. The highest BCUT2D eigenvalue weighted by molar-refractivity contribution is 8.00. The average Bonchev–Trinajstić information content (AvgIpc) is 2.78. The van der Waals surface area contributed by atoms with E-state index in [2.05, 4.69) is 9.80 Å². The summed E-state index contributed by atoms with van der Waals surface area (Å²) in [6, 6.07) is 10.5. The van der Waals surface area contributed by atoms with E-state index in [1.807, 2.05) is 19.2 Å². The van der Waals surface area contributed by atoms with Gasteiger partial charge in [0.1, 0.15) is 6.10 Å². The Bertz CT molecular complexity index is 977. The van der Waals surface area contributed by atoms with Crippen molar-refractivity contribution in [3.05, 3.63) is 59.2 Å². The van der Waals surface area contributed by atoms with Gasteiger partial charge in [0.15, 0.2) is 0 Å². The van der Waals surface area contributed by atoms with Crippen LogP contribution in [-0.2, 0) is 11.0 Å². The third kappa shape index (κ3) is 4.74. The first kappa shape index (κ1) is 22.9. The zero-order valence-corrected chi connectivity index (χ0v) is 18.6. The summed E-state index contributed by atoms with van der Waals surface area (Å²) in [5.74, 6) is 0.802. The highest BCUT2D eigenvalue weighted by atomic mass is 32.2. The molecular weight excluding hydrogens is 439 g/mol. The number of rotatable bonds is 4. The van der Waals surface area contributed by atoms with E-state index in [1.54, 1.807) is 12.1 Å². The molecule has 0 aliphatic carbocycles. The van der Waals surface area contributed by atoms with Gasteiger partial charge in [-0.25, -0.2) is 0 Å². The van der Waals surface area contributed by atoms with E-state index < -0.39 is 17.8 Å². The summed E-state index contributed by atoms with van der Waals surface area (Å²) in [7, 11) is 2.04. The van der Waals surface area contributed by atoms with Crippen molar-refractivity contribution in [2.45, 2.75) is 12.3 Å². The van der Waals surface area contributed by atoms with Gasteiger partial charge in [-0.3, -0.25) is 4.79 Å². The van der Waals surface area contributed by atoms with Gasteiger partial charge in [-0.15, -0.1) is 0 Å². The molecule has 2 aliphatic heterocycles. The van der Waals surface area contributed by atoms with E-state index in [-0.39, 0.29) is 17.2 Å². The van der Waals surface area contributed by atoms with E-state index in [0.717, 1.165) is 44.0 Å². The molecule has 2 aromatic rings. The molecular formula is C23H26F3N3O2S. The Labute approximate surface area is 189 Å². The van der Waals surface area contributed by atoms with Gasteiger partial charge in [-0.1, -0.05) is 18.2 Å². The van der Waals surface area contributed by atoms with E-state index in [4.69, 9.17) is 0 Å². The summed E-state index contributed by atoms with van der Waals surface area (Å²) < 4.78 is 40.5. The predicted octanol–water partition coefficient (Wildman–Crippen LogP) is 3.62. The lowest BCUT2D eigenvalue weighted by molar-refractivity contribution is -0.137. The van der Waals surface area contributed by atoms with Crippen molar-refractivity contribution in [1.82, 2.24) is 4.90 Å². The van der Waals surface area contributed by atoms with E-state index in [1.165, 1.54) is 22.7 Å². The van der Waals surface area contributed by atoms with Crippen molar-refractivity contribution in [1.29, 1.82) is 0 Å². The molecule has 1 amide bonds. The maximum atomic E-state index is 13.5. The van der Waals surface area contributed by atoms with Crippen molar-refractivity contribution in [3.8, 4) is 0 Å². The molecule has 2 heterocycles. The molecule has 1 unspecified atom stereocenters. The molecule has 0 saturated carbocycles. The summed E-state index contributed by atoms with van der Waals surface area (Å²) in [6.07, 6.45) is -5.85. The third-order valence-corrected chi connectivity index (χ3v) is 6.92. The molecule has 0 radical (unpaired) electrons. The van der Waals surface area contributed by atoms with Crippen LogP contribution in [0.5, 0.6) is 0 Å². The minimum Gasteiger partial charge on any atom is -0.383 e. The number of benzene rings is 2. The molecule has 2 saturated heterocycles. The smallest absolute Gasteiger partial charge is 0.383 e. The number of anilines is 2. The van der Waals surface area contributed by atoms with Gasteiger partial charge in [0.05, 0.1) is 11.3 Å². The van der Waals surface area contributed by atoms with Crippen LogP contribution in [0.1, 0.15) is 22.8 Å². The number of likely N-dealkylation sites (N-methyl/N-ethyl adjacent to an activating group) is 1. The van der Waals surface area contributed by atoms with Crippen molar-refractivity contribution < 1.29 is 23.1 Å². The monoisotopic (exact) mass is 465 g/mol. The molecule has 32 heavy (non-hydrogen) atoms. The number of halogens is 3. The van der Waals surface area contributed by atoms with Crippen molar-refractivity contribution in [2.24, 2.45) is 0 Å². The SMILES string of the molecule is CN1CCN(c2ccccc2C(O)c2cc(C(F)(F)F)ccc2N2CCSCC2=O)CC1. The number of hydrogen-bond acceptors (Lipinski definition) is 5. The van der Waals surface area contributed by atoms with Gasteiger partial charge < -0.3 is 19.8 Å². The molecule has 2 aliphatic rings. The van der Waals surface area contributed by atoms with Crippen LogP contribution in [0.4, 0.5) is 24.5 Å². The first-order valence-electron chi connectivity index (χ1n) is 10.6. The van der Waals surface area contributed by atoms with Gasteiger partial charge in [-0.05, 0) is 31.3 Å². The highest BCUT2D eigenvalue weighted by Crippen LogP contribution is 2.40. The minimum absolute atomic E-state index is 0.0988. The minimum atomic E-state index is -4.55. The molecule has 1 N–H and O–H groups in total. The Morgan fingerprint density at radius 1 is 0.969 bits per heavy atom. The molecule has 1 atom stereocenters. The standard InChI is InChI=1S/C23H26F3N3O2S/c1-27-8-10-28(11-9-27)19-5-3-2-4-17(19)22(31)18-14-16(23(24,25)26)6-7-20(18)29-12-13-32-15-21(29)30/h2-7,14,22,31H,8-13,15H2,1H3. The fourth-order valence-electron chi connectivity index (χ4n) is 4.19. The fraction of sp³-hybridized carbons (Fsp3) is 0.435. The number of carbonyl (C=O) groups excluding carboxylic acids is 1. The molecule has 4 rings (SSSR count). The summed E-state index contributed by atoms with van der Waals surface area (Å²) in [6.45, 7) is 3.64. The fourth-order valence-corrected chi connectivity index (χ4v) is 4.98. The molecule has 9 heteroatoms. The zero-order chi connectivity index (χ0) is 22.9. The average molecular weight is 466 g/mol. The molecule has 0 aromatic heterocycles. The third-order valence-electron chi connectivity index (χ3n) is 6.00. The van der Waals surface area contributed by atoms with Crippen LogP contribution in [0.3, 0.4) is 0 Å². The van der Waals surface area contributed by atoms with E-state index in [9.17, 15) is 23.1 Å². The van der Waals surface area contributed by atoms with Gasteiger partial charge >= 0.3 is 6.18 Å². The predicted molar refractivity (Wildman–Crippen MR) is 121 cm³/mol. The topological polar surface area (TPSA) is 47.0 Å². The number of piperazine rings is 1. The number of thioether (sulfide) groups is 1. The number of aliphatic hydroxyl groups excluding tert-OH is 1. The lowest BCUT2D eigenvalue weighted by Crippen LogP contribution is -2.45. The first-order valence-corrected chi connectivity index (χ1v) is 11.7. The van der Waals surface area contributed by atoms with Crippen LogP contribution in [0.25, 0.3) is 0 Å². The molecule has 0 spiro atoms. The quantitative estimate of drug-likeness (QED) is 0.748. The Balaban J connectivity index is 1.77. The number of alkyl halides is 3. The lowest BCUT2D eigenvalue weighted by Gasteiger charge is -2.36. The van der Waals surface area contributed by atoms with Crippen LogP contribution < -0.4 is 9.80 Å². The number of nitrogens with zero attached hydrogens (tertiary/aromatic N) is 3. The van der Waals surface area contributed by atoms with Crippen molar-refractivity contribution in [3.63, 3.8) is 0 Å². The van der Waals surface area contributed by atoms with Crippen LogP contribution >= 0.6 is 11.8 Å². The maximum Gasteiger partial charge on any atom is 0.416 e.